The highest BCUT2D eigenvalue weighted by atomic mass is 35.5. The van der Waals surface area contributed by atoms with Gasteiger partial charge in [-0.25, -0.2) is 0 Å². The van der Waals surface area contributed by atoms with Crippen LogP contribution >= 0.6 is 18.9 Å². The molecule has 34 heavy (non-hydrogen) atoms. The summed E-state index contributed by atoms with van der Waals surface area (Å²) in [5.41, 5.74) is 2.99. The van der Waals surface area contributed by atoms with E-state index in [1.165, 1.54) is 21.6 Å². The quantitative estimate of drug-likeness (QED) is 0.200. The molecule has 0 N–H and O–H groups in total. The van der Waals surface area contributed by atoms with Crippen molar-refractivity contribution in [1.82, 2.24) is 4.57 Å². The normalized spacial score (nSPS) is 11.4. The third-order valence-corrected chi connectivity index (χ3v) is 10.9. The van der Waals surface area contributed by atoms with Gasteiger partial charge in [-0.2, -0.15) is 5.26 Å². The summed E-state index contributed by atoms with van der Waals surface area (Å²) >= 11 is 6.28. The van der Waals surface area contributed by atoms with Crippen LogP contribution in [0.1, 0.15) is 11.3 Å². The Bertz CT molecular complexity index is 1340. The zero-order chi connectivity index (χ0) is 23.4. The second-order valence-electron chi connectivity index (χ2n) is 8.34. The zero-order valence-corrected chi connectivity index (χ0v) is 20.5. The van der Waals surface area contributed by atoms with Crippen LogP contribution in [0.15, 0.2) is 115 Å². The molecule has 2 nitrogen and oxygen atoms in total. The van der Waals surface area contributed by atoms with Gasteiger partial charge >= 0.3 is 0 Å². The fourth-order valence-corrected chi connectivity index (χ4v) is 9.27. The number of nitrogens with zero attached hydrogens (tertiary/aromatic N) is 2. The lowest BCUT2D eigenvalue weighted by molar-refractivity contribution is 0.770. The number of halogens is 1. The molecule has 5 aromatic rings. The van der Waals surface area contributed by atoms with E-state index < -0.39 is 7.26 Å². The van der Waals surface area contributed by atoms with Gasteiger partial charge in [0.15, 0.2) is 0 Å². The minimum atomic E-state index is -2.03. The van der Waals surface area contributed by atoms with E-state index in [0.29, 0.717) is 18.0 Å². The molecule has 0 spiro atoms. The van der Waals surface area contributed by atoms with E-state index in [2.05, 4.69) is 114 Å². The summed E-state index contributed by atoms with van der Waals surface area (Å²) in [6.45, 7) is 0.702. The summed E-state index contributed by atoms with van der Waals surface area (Å²) in [6, 6.07) is 43.3. The molecule has 0 saturated heterocycles. The monoisotopic (exact) mass is 479 g/mol. The Balaban J connectivity index is 1.80. The lowest BCUT2D eigenvalue weighted by Gasteiger charge is -2.28. The van der Waals surface area contributed by atoms with Gasteiger partial charge in [0.05, 0.1) is 17.3 Å². The fraction of sp³-hybridized carbons (Fsp3) is 0.100. The van der Waals surface area contributed by atoms with Crippen molar-refractivity contribution in [2.75, 3.05) is 5.88 Å². The number of aromatic nitrogens is 1. The van der Waals surface area contributed by atoms with Crippen LogP contribution in [-0.2, 0) is 12.7 Å². The average molecular weight is 480 g/mol. The minimum absolute atomic E-state index is 0.515. The Morgan fingerprint density at radius 1 is 0.706 bits per heavy atom. The van der Waals surface area contributed by atoms with Crippen LogP contribution in [0.25, 0.3) is 10.9 Å². The zero-order valence-electron chi connectivity index (χ0n) is 18.8. The van der Waals surface area contributed by atoms with E-state index >= 15 is 0 Å². The second-order valence-corrected chi connectivity index (χ2v) is 12.2. The number of nitriles is 1. The summed E-state index contributed by atoms with van der Waals surface area (Å²) in [5.74, 6) is 0.515. The van der Waals surface area contributed by atoms with Crippen LogP contribution in [0.4, 0.5) is 0 Å². The van der Waals surface area contributed by atoms with Crippen molar-refractivity contribution in [3.63, 3.8) is 0 Å². The maximum Gasteiger partial charge on any atom is 0.118 e. The van der Waals surface area contributed by atoms with Gasteiger partial charge in [-0.05, 0) is 54.6 Å². The van der Waals surface area contributed by atoms with Gasteiger partial charge in [-0.1, -0.05) is 60.7 Å². The molecule has 0 aliphatic carbocycles. The summed E-state index contributed by atoms with van der Waals surface area (Å²) in [6.07, 6.45) is 0.874. The maximum absolute atomic E-state index is 9.48. The summed E-state index contributed by atoms with van der Waals surface area (Å²) in [7, 11) is -2.03. The highest BCUT2D eigenvalue weighted by Crippen LogP contribution is 2.58. The molecule has 0 bridgehead atoms. The number of hydrogen-bond donors (Lipinski definition) is 0. The molecule has 1 aromatic heterocycles. The molecule has 0 aliphatic rings. The molecule has 4 heteroatoms. The van der Waals surface area contributed by atoms with Crippen molar-refractivity contribution in [1.29, 1.82) is 5.26 Å². The lowest BCUT2D eigenvalue weighted by atomic mass is 10.2. The van der Waals surface area contributed by atoms with Gasteiger partial charge in [-0.3, -0.25) is 0 Å². The summed E-state index contributed by atoms with van der Waals surface area (Å²) in [4.78, 5) is 0. The number of aryl methyl sites for hydroxylation is 1. The molecule has 166 valence electrons. The molecule has 0 aliphatic heterocycles. The van der Waals surface area contributed by atoms with E-state index in [4.69, 9.17) is 11.6 Å². The highest BCUT2D eigenvalue weighted by molar-refractivity contribution is 7.95. The second kappa shape index (κ2) is 9.86. The SMILES string of the molecule is N#Cc1ccc2cc(C[P+](c3ccccc3)(c3ccccc3)c3ccccc3)n(CCCl)c2c1. The Morgan fingerprint density at radius 2 is 1.24 bits per heavy atom. The smallest absolute Gasteiger partial charge is 0.118 e. The first-order chi connectivity index (χ1) is 16.8. The topological polar surface area (TPSA) is 28.7 Å². The van der Waals surface area contributed by atoms with Crippen molar-refractivity contribution in [2.24, 2.45) is 0 Å². The Labute approximate surface area is 206 Å². The first-order valence-electron chi connectivity index (χ1n) is 11.4. The van der Waals surface area contributed by atoms with Gasteiger partial charge in [0.25, 0.3) is 0 Å². The lowest BCUT2D eigenvalue weighted by Crippen LogP contribution is -2.33. The van der Waals surface area contributed by atoms with Gasteiger partial charge < -0.3 is 4.57 Å². The van der Waals surface area contributed by atoms with E-state index in [-0.39, 0.29) is 0 Å². The van der Waals surface area contributed by atoms with Crippen molar-refractivity contribution in [3.05, 3.63) is 127 Å². The Morgan fingerprint density at radius 3 is 1.71 bits per heavy atom. The molecule has 4 aromatic carbocycles. The molecule has 0 fully saturated rings. The van der Waals surface area contributed by atoms with Gasteiger partial charge in [-0.15, -0.1) is 11.6 Å². The highest BCUT2D eigenvalue weighted by Gasteiger charge is 2.46. The predicted molar refractivity (Wildman–Crippen MR) is 146 cm³/mol. The number of hydrogen-bond acceptors (Lipinski definition) is 1. The number of fused-ring (bicyclic) bond motifs is 1. The van der Waals surface area contributed by atoms with E-state index in [0.717, 1.165) is 17.1 Å². The first kappa shape index (κ1) is 22.4. The molecule has 0 amide bonds. The molecule has 5 rings (SSSR count). The van der Waals surface area contributed by atoms with Crippen molar-refractivity contribution < 1.29 is 0 Å². The molecular formula is C30H25ClN2P+. The fourth-order valence-electron chi connectivity index (χ4n) is 4.87. The van der Waals surface area contributed by atoms with Crippen molar-refractivity contribution in [2.45, 2.75) is 12.7 Å². The molecule has 0 atom stereocenters. The van der Waals surface area contributed by atoms with Crippen LogP contribution in [0.2, 0.25) is 0 Å². The van der Waals surface area contributed by atoms with Crippen LogP contribution in [0.5, 0.6) is 0 Å². The molecule has 0 radical (unpaired) electrons. The van der Waals surface area contributed by atoms with Crippen LogP contribution in [0, 0.1) is 11.3 Å². The molecule has 0 saturated carbocycles. The molecule has 0 unspecified atom stereocenters. The van der Waals surface area contributed by atoms with E-state index in [9.17, 15) is 5.26 Å². The van der Waals surface area contributed by atoms with Gasteiger partial charge in [0.1, 0.15) is 29.3 Å². The van der Waals surface area contributed by atoms with Crippen molar-refractivity contribution >= 4 is 45.7 Å². The van der Waals surface area contributed by atoms with Crippen LogP contribution in [0.3, 0.4) is 0 Å². The maximum atomic E-state index is 9.48. The van der Waals surface area contributed by atoms with Gasteiger partial charge in [0, 0.05) is 23.3 Å². The third-order valence-electron chi connectivity index (χ3n) is 6.42. The largest absolute Gasteiger partial charge is 0.340 e. The number of rotatable bonds is 7. The summed E-state index contributed by atoms with van der Waals surface area (Å²) in [5, 5.41) is 14.7. The number of alkyl halides is 1. The van der Waals surface area contributed by atoms with E-state index in [1.807, 2.05) is 12.1 Å². The van der Waals surface area contributed by atoms with Crippen LogP contribution in [-0.4, -0.2) is 10.4 Å². The van der Waals surface area contributed by atoms with Crippen molar-refractivity contribution in [3.8, 4) is 6.07 Å². The molecule has 1 heterocycles. The predicted octanol–water partition coefficient (Wildman–Crippen LogP) is 6.25. The third kappa shape index (κ3) is 4.03. The first-order valence-corrected chi connectivity index (χ1v) is 13.9. The minimum Gasteiger partial charge on any atom is -0.340 e. The van der Waals surface area contributed by atoms with Gasteiger partial charge in [0.2, 0.25) is 0 Å². The summed E-state index contributed by atoms with van der Waals surface area (Å²) < 4.78 is 2.31. The van der Waals surface area contributed by atoms with Crippen LogP contribution < -0.4 is 15.9 Å². The number of benzene rings is 4. The van der Waals surface area contributed by atoms with E-state index in [1.54, 1.807) is 0 Å². The average Bonchev–Trinajstić information content (AvgIpc) is 3.25. The Kier molecular flexibility index (Phi) is 6.50. The molecular weight excluding hydrogens is 455 g/mol. The Hall–Kier alpha value is -3.37. The standard InChI is InChI=1S/C30H25ClN2P/c31-18-19-33-26(21-25-17-16-24(22-32)20-30(25)33)23-34(27-10-4-1-5-11-27,28-12-6-2-7-13-28)29-14-8-3-9-15-29/h1-17,20-21H,18-19,23H2/q+1.